The third-order valence-corrected chi connectivity index (χ3v) is 6.53. The van der Waals surface area contributed by atoms with Gasteiger partial charge in [0.1, 0.15) is 11.9 Å². The Morgan fingerprint density at radius 2 is 1.81 bits per heavy atom. The van der Waals surface area contributed by atoms with Crippen molar-refractivity contribution in [1.82, 2.24) is 10.6 Å². The first-order chi connectivity index (χ1) is 14.5. The molecule has 3 N–H and O–H groups in total. The Morgan fingerprint density at radius 3 is 2.48 bits per heavy atom. The zero-order valence-electron chi connectivity index (χ0n) is 18.0. The highest BCUT2D eigenvalue weighted by Gasteiger charge is 2.53. The summed E-state index contributed by atoms with van der Waals surface area (Å²) < 4.78 is 11.5. The molecule has 1 spiro atoms. The number of halogens is 1. The average molecular weight is 447 g/mol. The molecule has 2 aromatic carbocycles. The van der Waals surface area contributed by atoms with Gasteiger partial charge < -0.3 is 25.2 Å². The van der Waals surface area contributed by atoms with Gasteiger partial charge in [-0.3, -0.25) is 4.79 Å². The molecule has 0 unspecified atom stereocenters. The monoisotopic (exact) mass is 446 g/mol. The quantitative estimate of drug-likeness (QED) is 0.672. The van der Waals surface area contributed by atoms with E-state index in [1.54, 1.807) is 7.11 Å². The van der Waals surface area contributed by atoms with Crippen molar-refractivity contribution in [3.8, 4) is 16.9 Å². The summed E-state index contributed by atoms with van der Waals surface area (Å²) in [5.74, 6) is 0.605. The number of nitrogens with one attached hydrogen (secondary N) is 2. The molecule has 2 fully saturated rings. The van der Waals surface area contributed by atoms with E-state index in [4.69, 9.17) is 9.47 Å². The molecule has 2 saturated heterocycles. The normalized spacial score (nSPS) is 24.8. The van der Waals surface area contributed by atoms with E-state index in [2.05, 4.69) is 10.6 Å². The molecule has 4 rings (SSSR count). The number of aliphatic hydroxyl groups excluding tert-OH is 1. The number of benzene rings is 2. The van der Waals surface area contributed by atoms with Gasteiger partial charge in [-0.25, -0.2) is 0 Å². The van der Waals surface area contributed by atoms with Crippen LogP contribution in [0.1, 0.15) is 36.5 Å². The SMILES string of the molecule is COc1ccccc1-c1ccc(C(=O)N[C@]2(C)CCOC3(CCNCC3)[C@H]2O)cc1.Cl. The number of piperidine rings is 1. The molecule has 2 aliphatic rings. The van der Waals surface area contributed by atoms with Gasteiger partial charge in [0.15, 0.2) is 0 Å². The zero-order chi connectivity index (χ0) is 21.2. The molecular weight excluding hydrogens is 416 g/mol. The van der Waals surface area contributed by atoms with Gasteiger partial charge in [0, 0.05) is 17.7 Å². The van der Waals surface area contributed by atoms with E-state index in [1.165, 1.54) is 0 Å². The topological polar surface area (TPSA) is 79.8 Å². The number of carbonyl (C=O) groups excluding carboxylic acids is 1. The van der Waals surface area contributed by atoms with Crippen molar-refractivity contribution in [3.05, 3.63) is 54.1 Å². The average Bonchev–Trinajstić information content (AvgIpc) is 2.78. The van der Waals surface area contributed by atoms with Gasteiger partial charge in [-0.05, 0) is 63.0 Å². The van der Waals surface area contributed by atoms with Gasteiger partial charge in [-0.2, -0.15) is 0 Å². The number of amides is 1. The molecule has 2 heterocycles. The summed E-state index contributed by atoms with van der Waals surface area (Å²) in [6.45, 7) is 4.07. The van der Waals surface area contributed by atoms with Gasteiger partial charge in [0.2, 0.25) is 0 Å². The first-order valence-corrected chi connectivity index (χ1v) is 10.6. The van der Waals surface area contributed by atoms with Crippen LogP contribution in [0, 0.1) is 0 Å². The maximum absolute atomic E-state index is 13.0. The maximum atomic E-state index is 13.0. The predicted octanol–water partition coefficient (Wildman–Crippen LogP) is 3.18. The van der Waals surface area contributed by atoms with Gasteiger partial charge in [0.05, 0.1) is 18.2 Å². The van der Waals surface area contributed by atoms with E-state index in [9.17, 15) is 9.90 Å². The molecule has 6 nitrogen and oxygen atoms in total. The fourth-order valence-corrected chi connectivity index (χ4v) is 4.68. The minimum Gasteiger partial charge on any atom is -0.496 e. The van der Waals surface area contributed by atoms with Crippen LogP contribution in [0.15, 0.2) is 48.5 Å². The third kappa shape index (κ3) is 4.58. The molecule has 7 heteroatoms. The highest BCUT2D eigenvalue weighted by atomic mass is 35.5. The lowest BCUT2D eigenvalue weighted by Gasteiger charge is -2.52. The lowest BCUT2D eigenvalue weighted by Crippen LogP contribution is -2.69. The summed E-state index contributed by atoms with van der Waals surface area (Å²) in [7, 11) is 1.65. The van der Waals surface area contributed by atoms with Crippen LogP contribution in [0.4, 0.5) is 0 Å². The first kappa shape index (κ1) is 23.5. The highest BCUT2D eigenvalue weighted by Crippen LogP contribution is 2.38. The number of carbonyl (C=O) groups is 1. The van der Waals surface area contributed by atoms with Gasteiger partial charge >= 0.3 is 0 Å². The van der Waals surface area contributed by atoms with Crippen molar-refractivity contribution < 1.29 is 19.4 Å². The second-order valence-electron chi connectivity index (χ2n) is 8.46. The molecule has 0 aromatic heterocycles. The second kappa shape index (κ2) is 9.57. The fraction of sp³-hybridized carbons (Fsp3) is 0.458. The van der Waals surface area contributed by atoms with Crippen molar-refractivity contribution in [2.75, 3.05) is 26.8 Å². The van der Waals surface area contributed by atoms with E-state index in [0.717, 1.165) is 42.8 Å². The first-order valence-electron chi connectivity index (χ1n) is 10.6. The predicted molar refractivity (Wildman–Crippen MR) is 123 cm³/mol. The van der Waals surface area contributed by atoms with Crippen molar-refractivity contribution in [3.63, 3.8) is 0 Å². The van der Waals surface area contributed by atoms with E-state index >= 15 is 0 Å². The van der Waals surface area contributed by atoms with Crippen LogP contribution in [0.3, 0.4) is 0 Å². The Kier molecular flexibility index (Phi) is 7.27. The summed E-state index contributed by atoms with van der Waals surface area (Å²) in [5.41, 5.74) is 1.21. The molecule has 168 valence electrons. The van der Waals surface area contributed by atoms with Crippen LogP contribution in [0.25, 0.3) is 11.1 Å². The molecule has 2 aliphatic heterocycles. The standard InChI is InChI=1S/C24H30N2O4.ClH/c1-23(13-16-30-24(22(23)28)11-14-25-15-12-24)26-21(27)18-9-7-17(8-10-18)19-5-3-4-6-20(19)29-2;/h3-10,22,25,28H,11-16H2,1-2H3,(H,26,27);1H/t22-,23+;/m0./s1. The minimum absolute atomic E-state index is 0. The lowest BCUT2D eigenvalue weighted by molar-refractivity contribution is -0.197. The number of methoxy groups -OCH3 is 1. The summed E-state index contributed by atoms with van der Waals surface area (Å²) >= 11 is 0. The van der Waals surface area contributed by atoms with Gasteiger partial charge in [0.25, 0.3) is 5.91 Å². The highest BCUT2D eigenvalue weighted by molar-refractivity contribution is 5.95. The smallest absolute Gasteiger partial charge is 0.251 e. The number of ether oxygens (including phenoxy) is 2. The maximum Gasteiger partial charge on any atom is 0.251 e. The Morgan fingerprint density at radius 1 is 1.13 bits per heavy atom. The number of aliphatic hydroxyl groups is 1. The van der Waals surface area contributed by atoms with E-state index in [-0.39, 0.29) is 18.3 Å². The Labute approximate surface area is 189 Å². The fourth-order valence-electron chi connectivity index (χ4n) is 4.68. The van der Waals surface area contributed by atoms with Crippen LogP contribution < -0.4 is 15.4 Å². The van der Waals surface area contributed by atoms with E-state index < -0.39 is 17.2 Å². The largest absolute Gasteiger partial charge is 0.496 e. The summed E-state index contributed by atoms with van der Waals surface area (Å²) in [6, 6.07) is 15.3. The summed E-state index contributed by atoms with van der Waals surface area (Å²) in [6.07, 6.45) is 1.31. The van der Waals surface area contributed by atoms with Crippen LogP contribution in [-0.4, -0.2) is 55.1 Å². The Bertz CT molecular complexity index is 893. The van der Waals surface area contributed by atoms with Crippen LogP contribution >= 0.6 is 12.4 Å². The molecule has 0 aliphatic carbocycles. The van der Waals surface area contributed by atoms with Crippen LogP contribution in [0.2, 0.25) is 0 Å². The zero-order valence-corrected chi connectivity index (χ0v) is 18.8. The van der Waals surface area contributed by atoms with Crippen LogP contribution in [-0.2, 0) is 4.74 Å². The van der Waals surface area contributed by atoms with Crippen molar-refractivity contribution >= 4 is 18.3 Å². The van der Waals surface area contributed by atoms with Gasteiger partial charge in [-0.1, -0.05) is 30.3 Å². The molecule has 31 heavy (non-hydrogen) atoms. The minimum atomic E-state index is -0.752. The van der Waals surface area contributed by atoms with Crippen LogP contribution in [0.5, 0.6) is 5.75 Å². The summed E-state index contributed by atoms with van der Waals surface area (Å²) in [4.78, 5) is 13.0. The van der Waals surface area contributed by atoms with E-state index in [1.807, 2.05) is 55.5 Å². The number of rotatable bonds is 4. The lowest BCUT2D eigenvalue weighted by atomic mass is 9.73. The molecule has 1 amide bonds. The van der Waals surface area contributed by atoms with Crippen molar-refractivity contribution in [2.45, 2.75) is 43.4 Å². The third-order valence-electron chi connectivity index (χ3n) is 6.53. The van der Waals surface area contributed by atoms with Crippen molar-refractivity contribution in [1.29, 1.82) is 0 Å². The molecule has 2 atom stereocenters. The summed E-state index contributed by atoms with van der Waals surface area (Å²) in [5, 5.41) is 17.6. The number of hydrogen-bond acceptors (Lipinski definition) is 5. The molecular formula is C24H31ClN2O4. The Balaban J connectivity index is 0.00000272. The van der Waals surface area contributed by atoms with E-state index in [0.29, 0.717) is 18.6 Å². The van der Waals surface area contributed by atoms with Gasteiger partial charge in [-0.15, -0.1) is 12.4 Å². The molecule has 0 bridgehead atoms. The number of hydrogen-bond donors (Lipinski definition) is 3. The molecule has 2 aromatic rings. The number of para-hydroxylation sites is 1. The second-order valence-corrected chi connectivity index (χ2v) is 8.46. The Hall–Kier alpha value is -2.12. The molecule has 0 saturated carbocycles. The molecule has 0 radical (unpaired) electrons. The van der Waals surface area contributed by atoms with Crippen molar-refractivity contribution in [2.24, 2.45) is 0 Å².